The summed E-state index contributed by atoms with van der Waals surface area (Å²) in [6.45, 7) is 8.39. The molecule has 1 aromatic heterocycles. The number of methoxy groups -OCH3 is 3. The lowest BCUT2D eigenvalue weighted by Gasteiger charge is -2.36. The maximum absolute atomic E-state index is 15.9. The number of nitrogens with one attached hydrogen (secondary N) is 1. The summed E-state index contributed by atoms with van der Waals surface area (Å²) in [4.78, 5) is 1.02. The van der Waals surface area contributed by atoms with Gasteiger partial charge in [-0.15, -0.1) is 0 Å². The molecule has 0 amide bonds. The van der Waals surface area contributed by atoms with Crippen LogP contribution < -0.4 is 23.8 Å². The van der Waals surface area contributed by atoms with Gasteiger partial charge in [0.2, 0.25) is 10.0 Å². The maximum Gasteiger partial charge on any atom is 0.335 e. The molecule has 13 nitrogen and oxygen atoms in total. The normalized spacial score (nSPS) is 16.3. The largest absolute Gasteiger partial charge is 0.497 e. The third-order valence-corrected chi connectivity index (χ3v) is 16.6. The molecule has 316 valence electrons. The van der Waals surface area contributed by atoms with Gasteiger partial charge in [0, 0.05) is 34.3 Å². The highest BCUT2D eigenvalue weighted by Crippen LogP contribution is 2.42. The van der Waals surface area contributed by atoms with Gasteiger partial charge in [-0.3, -0.25) is 0 Å². The number of rotatable bonds is 17. The Kier molecular flexibility index (Phi) is 13.5. The minimum atomic E-state index is -4.77. The first kappa shape index (κ1) is 43.7. The van der Waals surface area contributed by atoms with Crippen molar-refractivity contribution in [1.29, 1.82) is 0 Å². The van der Waals surface area contributed by atoms with Gasteiger partial charge in [-0.2, -0.15) is 8.99 Å². The van der Waals surface area contributed by atoms with Gasteiger partial charge in [-0.05, 0) is 83.6 Å². The highest BCUT2D eigenvalue weighted by molar-refractivity contribution is 7.93. The van der Waals surface area contributed by atoms with Gasteiger partial charge in [0.1, 0.15) is 45.5 Å². The molecule has 0 radical (unpaired) electrons. The molecule has 0 spiro atoms. The molecule has 1 saturated heterocycles. The molecule has 1 N–H and O–H groups in total. The fraction of sp³-hybridized carbons (Fsp3) is 0.405. The zero-order valence-electron chi connectivity index (χ0n) is 34.7. The summed E-state index contributed by atoms with van der Waals surface area (Å²) in [5.41, 5.74) is 2.46. The van der Waals surface area contributed by atoms with Crippen molar-refractivity contribution in [3.05, 3.63) is 102 Å². The van der Waals surface area contributed by atoms with Gasteiger partial charge < -0.3 is 19.1 Å². The number of tetrazole rings is 1. The number of piperidine rings is 1. The van der Waals surface area contributed by atoms with E-state index in [-0.39, 0.29) is 54.1 Å². The molecule has 0 saturated carbocycles. The predicted molar refractivity (Wildman–Crippen MR) is 228 cm³/mol. The van der Waals surface area contributed by atoms with E-state index < -0.39 is 39.0 Å². The lowest BCUT2D eigenvalue weighted by molar-refractivity contribution is -0.736. The van der Waals surface area contributed by atoms with Gasteiger partial charge in [-0.1, -0.05) is 68.2 Å². The SMILES string of the molecule is COc1ccc(CN(Cc2ccc(OC)cc2)S(=O)(=O)c2c(S(=O)(=O)CC[Si](C)(C)C)ccc(N3CC[C@@H](C)[C@@H](F)C3)c2-c2nn[nH][n+]2Cc2ccc(OC)cc2)cc1. The molecule has 1 aliphatic rings. The van der Waals surface area contributed by atoms with E-state index in [1.165, 1.54) is 10.4 Å². The Labute approximate surface area is 348 Å². The van der Waals surface area contributed by atoms with Gasteiger partial charge in [0.15, 0.2) is 15.1 Å². The molecule has 59 heavy (non-hydrogen) atoms. The van der Waals surface area contributed by atoms with Crippen LogP contribution in [-0.2, 0) is 39.5 Å². The average Bonchev–Trinajstić information content (AvgIpc) is 3.68. The fourth-order valence-electron chi connectivity index (χ4n) is 6.98. The van der Waals surface area contributed by atoms with Crippen LogP contribution in [0.25, 0.3) is 11.4 Å². The van der Waals surface area contributed by atoms with Crippen LogP contribution in [-0.4, -0.2) is 91.1 Å². The van der Waals surface area contributed by atoms with Crippen molar-refractivity contribution >= 4 is 33.6 Å². The van der Waals surface area contributed by atoms with Crippen LogP contribution in [0, 0.1) is 5.92 Å². The van der Waals surface area contributed by atoms with Crippen LogP contribution in [0.4, 0.5) is 10.1 Å². The first-order chi connectivity index (χ1) is 28.0. The van der Waals surface area contributed by atoms with Gasteiger partial charge >= 0.3 is 5.82 Å². The zero-order chi connectivity index (χ0) is 42.5. The van der Waals surface area contributed by atoms with Crippen molar-refractivity contribution in [3.8, 4) is 28.6 Å². The molecule has 0 aliphatic carbocycles. The zero-order valence-corrected chi connectivity index (χ0v) is 37.3. The van der Waals surface area contributed by atoms with Gasteiger partial charge in [0.25, 0.3) is 0 Å². The molecular formula is C42H54FN6O7S2Si+. The Balaban J connectivity index is 1.63. The van der Waals surface area contributed by atoms with E-state index in [0.29, 0.717) is 53.1 Å². The summed E-state index contributed by atoms with van der Waals surface area (Å²) < 4.78 is 95.9. The molecule has 17 heteroatoms. The lowest BCUT2D eigenvalue weighted by Crippen LogP contribution is -2.43. The van der Waals surface area contributed by atoms with Crippen LogP contribution >= 0.6 is 0 Å². The first-order valence-corrected chi connectivity index (χ1v) is 26.3. The Morgan fingerprint density at radius 2 is 1.34 bits per heavy atom. The molecule has 2 atom stereocenters. The number of halogens is 1. The summed E-state index contributed by atoms with van der Waals surface area (Å²) in [7, 11) is -6.27. The number of sulfone groups is 1. The molecule has 5 aromatic rings. The number of alkyl halides is 1. The van der Waals surface area contributed by atoms with Crippen LogP contribution in [0.15, 0.2) is 94.7 Å². The van der Waals surface area contributed by atoms with Crippen LogP contribution in [0.2, 0.25) is 25.7 Å². The number of H-pyrrole nitrogens is 1. The number of nitrogens with zero attached hydrogens (tertiary/aromatic N) is 5. The molecule has 6 rings (SSSR count). The molecule has 1 fully saturated rings. The molecule has 2 heterocycles. The van der Waals surface area contributed by atoms with Crippen LogP contribution in [0.3, 0.4) is 0 Å². The predicted octanol–water partition coefficient (Wildman–Crippen LogP) is 6.52. The number of anilines is 1. The Bertz CT molecular complexity index is 2380. The number of sulfonamides is 1. The highest BCUT2D eigenvalue weighted by Gasteiger charge is 2.41. The summed E-state index contributed by atoms with van der Waals surface area (Å²) >= 11 is 0. The lowest BCUT2D eigenvalue weighted by atomic mass is 9.96. The van der Waals surface area contributed by atoms with Crippen molar-refractivity contribution in [2.75, 3.05) is 45.1 Å². The third kappa shape index (κ3) is 10.3. The summed E-state index contributed by atoms with van der Waals surface area (Å²) in [5.74, 6) is 1.47. The van der Waals surface area contributed by atoms with Crippen LogP contribution in [0.1, 0.15) is 30.0 Å². The minimum absolute atomic E-state index is 0.0207. The summed E-state index contributed by atoms with van der Waals surface area (Å²) in [6, 6.07) is 24.8. The van der Waals surface area contributed by atoms with E-state index in [1.807, 2.05) is 19.1 Å². The van der Waals surface area contributed by atoms with Crippen molar-refractivity contribution in [2.45, 2.75) is 74.6 Å². The summed E-state index contributed by atoms with van der Waals surface area (Å²) in [6.07, 6.45) is -0.702. The van der Waals surface area contributed by atoms with E-state index in [9.17, 15) is 8.42 Å². The third-order valence-electron chi connectivity index (χ3n) is 10.7. The Morgan fingerprint density at radius 3 is 1.83 bits per heavy atom. The Morgan fingerprint density at radius 1 is 0.814 bits per heavy atom. The van der Waals surface area contributed by atoms with Crippen molar-refractivity contribution in [1.82, 2.24) is 19.8 Å². The minimum Gasteiger partial charge on any atom is -0.497 e. The molecule has 4 aromatic carbocycles. The van der Waals surface area contributed by atoms with Gasteiger partial charge in [0.05, 0.1) is 37.7 Å². The molecule has 0 unspecified atom stereocenters. The number of ether oxygens (including phenoxy) is 3. The second-order valence-corrected chi connectivity index (χ2v) is 25.7. The number of hydrogen-bond acceptors (Lipinski definition) is 10. The second kappa shape index (κ2) is 18.2. The van der Waals surface area contributed by atoms with Crippen molar-refractivity contribution in [2.24, 2.45) is 5.92 Å². The second-order valence-electron chi connectivity index (χ2n) is 16.2. The van der Waals surface area contributed by atoms with E-state index in [2.05, 4.69) is 35.2 Å². The monoisotopic (exact) mass is 865 g/mol. The maximum atomic E-state index is 15.9. The van der Waals surface area contributed by atoms with Crippen molar-refractivity contribution < 1.29 is 40.1 Å². The van der Waals surface area contributed by atoms with E-state index in [1.54, 1.807) is 97.6 Å². The van der Waals surface area contributed by atoms with Crippen molar-refractivity contribution in [3.63, 3.8) is 0 Å². The van der Waals surface area contributed by atoms with Gasteiger partial charge in [-0.25, -0.2) is 21.2 Å². The molecular weight excluding hydrogens is 812 g/mol. The first-order valence-electron chi connectivity index (χ1n) is 19.5. The van der Waals surface area contributed by atoms with E-state index in [0.717, 1.165) is 5.56 Å². The molecule has 1 aliphatic heterocycles. The summed E-state index contributed by atoms with van der Waals surface area (Å²) in [5, 5.41) is 11.5. The number of hydrogen-bond donors (Lipinski definition) is 1. The van der Waals surface area contributed by atoms with E-state index >= 15 is 12.8 Å². The average molecular weight is 866 g/mol. The quantitative estimate of drug-likeness (QED) is 0.0810. The highest BCUT2D eigenvalue weighted by atomic mass is 32.2. The number of aromatic nitrogens is 4. The number of aromatic amines is 1. The van der Waals surface area contributed by atoms with E-state index in [4.69, 9.17) is 14.2 Å². The topological polar surface area (TPSA) is 148 Å². The number of benzene rings is 4. The smallest absolute Gasteiger partial charge is 0.335 e. The Hall–Kier alpha value is -4.84. The van der Waals surface area contributed by atoms with Crippen LogP contribution in [0.5, 0.6) is 17.2 Å². The fourth-order valence-corrected chi connectivity index (χ4v) is 13.8. The molecule has 0 bridgehead atoms. The standard InChI is InChI=1S/C42H53FN6O7S2Si/c1-30-22-23-47(29-37(30)43)38-20-21-39(57(50,51)24-25-59(5,6)7)41(40(38)42-44-45-46-49(42)28-33-12-18-36(56-4)19-13-33)58(52,53)48(26-31-8-14-34(54-2)15-9-31)27-32-10-16-35(55-3)17-11-32/h8-21,30,37H,22-29H2,1-7H3/p+1/t30-,37+/m1/s1.